The Morgan fingerprint density at radius 3 is 2.43 bits per heavy atom. The summed E-state index contributed by atoms with van der Waals surface area (Å²) >= 11 is 0. The SMILES string of the molecule is CC(=O)c1cncn1CCS(=O)(=O)N(Cc1ccc(-c2nnc(C(F)F)o2)cc1)c1ccccc1. The molecular weight excluding hydrogens is 480 g/mol. The fraction of sp³-hybridized carbons (Fsp3) is 0.217. The summed E-state index contributed by atoms with van der Waals surface area (Å²) in [5.74, 6) is -1.28. The lowest BCUT2D eigenvalue weighted by Crippen LogP contribution is -2.34. The zero-order valence-electron chi connectivity index (χ0n) is 18.6. The molecule has 2 aromatic heterocycles. The van der Waals surface area contributed by atoms with Crippen LogP contribution in [0, 0.1) is 0 Å². The van der Waals surface area contributed by atoms with Crippen molar-refractivity contribution < 1.29 is 26.4 Å². The normalized spacial score (nSPS) is 11.7. The number of Topliss-reactive ketones (excluding diaryl/α,β-unsaturated/α-hetero) is 1. The second kappa shape index (κ2) is 10.1. The Bertz CT molecular complexity index is 1400. The summed E-state index contributed by atoms with van der Waals surface area (Å²) in [7, 11) is -3.81. The van der Waals surface area contributed by atoms with Crippen LogP contribution in [-0.2, 0) is 23.1 Å². The summed E-state index contributed by atoms with van der Waals surface area (Å²) in [6.07, 6.45) is -0.0393. The molecule has 0 N–H and O–H groups in total. The third-order valence-corrected chi connectivity index (χ3v) is 6.91. The number of aryl methyl sites for hydroxylation is 1. The van der Waals surface area contributed by atoms with Gasteiger partial charge in [0.15, 0.2) is 5.78 Å². The van der Waals surface area contributed by atoms with Gasteiger partial charge in [0, 0.05) is 19.0 Å². The van der Waals surface area contributed by atoms with E-state index in [1.807, 2.05) is 0 Å². The summed E-state index contributed by atoms with van der Waals surface area (Å²) < 4.78 is 59.9. The van der Waals surface area contributed by atoms with E-state index in [9.17, 15) is 22.0 Å². The Morgan fingerprint density at radius 1 is 1.09 bits per heavy atom. The van der Waals surface area contributed by atoms with Gasteiger partial charge in [-0.25, -0.2) is 13.4 Å². The number of hydrogen-bond donors (Lipinski definition) is 0. The number of rotatable bonds is 10. The van der Waals surface area contributed by atoms with Crippen LogP contribution in [0.15, 0.2) is 71.5 Å². The van der Waals surface area contributed by atoms with E-state index >= 15 is 0 Å². The van der Waals surface area contributed by atoms with Gasteiger partial charge in [0.25, 0.3) is 5.89 Å². The lowest BCUT2D eigenvalue weighted by atomic mass is 10.1. The minimum Gasteiger partial charge on any atom is -0.415 e. The monoisotopic (exact) mass is 501 g/mol. The number of carbonyl (C=O) groups is 1. The van der Waals surface area contributed by atoms with Crippen LogP contribution in [0.25, 0.3) is 11.5 Å². The second-order valence-electron chi connectivity index (χ2n) is 7.63. The van der Waals surface area contributed by atoms with Gasteiger partial charge in [-0.05, 0) is 29.8 Å². The van der Waals surface area contributed by atoms with Gasteiger partial charge < -0.3 is 8.98 Å². The van der Waals surface area contributed by atoms with Crippen LogP contribution >= 0.6 is 0 Å². The molecule has 0 aliphatic heterocycles. The molecule has 0 unspecified atom stereocenters. The molecule has 9 nitrogen and oxygen atoms in total. The quantitative estimate of drug-likeness (QED) is 0.301. The van der Waals surface area contributed by atoms with E-state index in [0.29, 0.717) is 22.5 Å². The molecule has 2 heterocycles. The molecule has 2 aromatic carbocycles. The van der Waals surface area contributed by atoms with Gasteiger partial charge in [-0.1, -0.05) is 30.3 Å². The van der Waals surface area contributed by atoms with E-state index in [0.717, 1.165) is 0 Å². The highest BCUT2D eigenvalue weighted by atomic mass is 32.2. The van der Waals surface area contributed by atoms with Crippen molar-refractivity contribution in [2.75, 3.05) is 10.1 Å². The molecule has 12 heteroatoms. The fourth-order valence-corrected chi connectivity index (χ4v) is 4.85. The van der Waals surface area contributed by atoms with Crippen molar-refractivity contribution in [3.8, 4) is 11.5 Å². The molecule has 0 radical (unpaired) electrons. The standard InChI is InChI=1S/C23H21F2N5O4S/c1-16(31)20-13-26-15-29(20)11-12-35(32,33)30(19-5-3-2-4-6-19)14-17-7-9-18(10-8-17)22-27-28-23(34-22)21(24)25/h2-10,13,15,21H,11-12,14H2,1H3. The van der Waals surface area contributed by atoms with E-state index in [-0.39, 0.29) is 30.5 Å². The Balaban J connectivity index is 1.56. The number of sulfonamides is 1. The highest BCUT2D eigenvalue weighted by Gasteiger charge is 2.24. The average Bonchev–Trinajstić information content (AvgIpc) is 3.52. The Kier molecular flexibility index (Phi) is 7.01. The van der Waals surface area contributed by atoms with Crippen LogP contribution in [-0.4, -0.2) is 39.7 Å². The molecular formula is C23H21F2N5O4S. The molecule has 0 fully saturated rings. The molecule has 182 valence electrons. The van der Waals surface area contributed by atoms with Crippen molar-refractivity contribution in [3.05, 3.63) is 84.3 Å². The number of anilines is 1. The number of imidazole rings is 1. The summed E-state index contributed by atoms with van der Waals surface area (Å²) in [6.45, 7) is 1.48. The maximum Gasteiger partial charge on any atom is 0.314 e. The molecule has 4 rings (SSSR count). The smallest absolute Gasteiger partial charge is 0.314 e. The Hall–Kier alpha value is -3.93. The van der Waals surface area contributed by atoms with Crippen molar-refractivity contribution in [1.29, 1.82) is 0 Å². The summed E-state index contributed by atoms with van der Waals surface area (Å²) in [6, 6.07) is 15.2. The van der Waals surface area contributed by atoms with Crippen LogP contribution in [0.2, 0.25) is 0 Å². The number of nitrogens with zero attached hydrogens (tertiary/aromatic N) is 5. The summed E-state index contributed by atoms with van der Waals surface area (Å²) in [5, 5.41) is 6.93. The van der Waals surface area contributed by atoms with E-state index in [4.69, 9.17) is 4.42 Å². The minimum atomic E-state index is -3.81. The first-order chi connectivity index (χ1) is 16.7. The fourth-order valence-electron chi connectivity index (χ4n) is 3.42. The van der Waals surface area contributed by atoms with Crippen LogP contribution in [0.5, 0.6) is 0 Å². The number of hydrogen-bond acceptors (Lipinski definition) is 7. The van der Waals surface area contributed by atoms with Crippen molar-refractivity contribution >= 4 is 21.5 Å². The van der Waals surface area contributed by atoms with Gasteiger partial charge in [0.1, 0.15) is 5.69 Å². The van der Waals surface area contributed by atoms with Gasteiger partial charge in [-0.15, -0.1) is 10.2 Å². The predicted octanol–water partition coefficient (Wildman–Crippen LogP) is 4.11. The van der Waals surface area contributed by atoms with Gasteiger partial charge in [0.2, 0.25) is 15.9 Å². The second-order valence-corrected chi connectivity index (χ2v) is 9.64. The molecule has 0 saturated heterocycles. The first kappa shape index (κ1) is 24.2. The lowest BCUT2D eigenvalue weighted by molar-refractivity contribution is 0.100. The van der Waals surface area contributed by atoms with Crippen LogP contribution in [0.3, 0.4) is 0 Å². The van der Waals surface area contributed by atoms with Crippen LogP contribution in [0.4, 0.5) is 14.5 Å². The topological polar surface area (TPSA) is 111 Å². The molecule has 4 aromatic rings. The zero-order valence-corrected chi connectivity index (χ0v) is 19.4. The van der Waals surface area contributed by atoms with Crippen LogP contribution in [0.1, 0.15) is 35.3 Å². The third-order valence-electron chi connectivity index (χ3n) is 5.20. The zero-order chi connectivity index (χ0) is 25.0. The van der Waals surface area contributed by atoms with Gasteiger partial charge in [-0.2, -0.15) is 8.78 Å². The number of carbonyl (C=O) groups excluding carboxylic acids is 1. The molecule has 0 aliphatic rings. The van der Waals surface area contributed by atoms with E-state index in [1.165, 1.54) is 28.3 Å². The van der Waals surface area contributed by atoms with Gasteiger partial charge in [0.05, 0.1) is 30.5 Å². The summed E-state index contributed by atoms with van der Waals surface area (Å²) in [5.41, 5.74) is 1.89. The van der Waals surface area contributed by atoms with Crippen molar-refractivity contribution in [3.63, 3.8) is 0 Å². The van der Waals surface area contributed by atoms with Crippen LogP contribution < -0.4 is 4.31 Å². The maximum absolute atomic E-state index is 13.4. The minimum absolute atomic E-state index is 0.0300. The Morgan fingerprint density at radius 2 is 1.80 bits per heavy atom. The molecule has 35 heavy (non-hydrogen) atoms. The molecule has 0 saturated carbocycles. The average molecular weight is 502 g/mol. The predicted molar refractivity (Wildman–Crippen MR) is 123 cm³/mol. The highest BCUT2D eigenvalue weighted by molar-refractivity contribution is 7.92. The third kappa shape index (κ3) is 5.60. The highest BCUT2D eigenvalue weighted by Crippen LogP contribution is 2.25. The number of halogens is 2. The lowest BCUT2D eigenvalue weighted by Gasteiger charge is -2.25. The van der Waals surface area contributed by atoms with E-state index < -0.39 is 22.3 Å². The number of aromatic nitrogens is 4. The van der Waals surface area contributed by atoms with Gasteiger partial charge in [-0.3, -0.25) is 9.10 Å². The molecule has 0 aliphatic carbocycles. The Labute approximate surface area is 200 Å². The number of alkyl halides is 2. The van der Waals surface area contributed by atoms with Crippen molar-refractivity contribution in [2.24, 2.45) is 0 Å². The molecule has 0 amide bonds. The first-order valence-electron chi connectivity index (χ1n) is 10.5. The molecule has 0 spiro atoms. The summed E-state index contributed by atoms with van der Waals surface area (Å²) in [4.78, 5) is 15.7. The maximum atomic E-state index is 13.4. The number of para-hydroxylation sites is 1. The molecule has 0 bridgehead atoms. The number of ketones is 1. The van der Waals surface area contributed by atoms with Crippen molar-refractivity contribution in [2.45, 2.75) is 26.4 Å². The number of benzene rings is 2. The molecule has 0 atom stereocenters. The first-order valence-corrected chi connectivity index (χ1v) is 12.1. The van der Waals surface area contributed by atoms with Gasteiger partial charge >= 0.3 is 6.43 Å². The largest absolute Gasteiger partial charge is 0.415 e. The van der Waals surface area contributed by atoms with E-state index in [2.05, 4.69) is 15.2 Å². The van der Waals surface area contributed by atoms with Crippen molar-refractivity contribution in [1.82, 2.24) is 19.7 Å². The van der Waals surface area contributed by atoms with E-state index in [1.54, 1.807) is 54.6 Å².